The monoisotopic (exact) mass is 329 g/mol. The van der Waals surface area contributed by atoms with E-state index in [4.69, 9.17) is 10.5 Å². The van der Waals surface area contributed by atoms with E-state index in [-0.39, 0.29) is 0 Å². The molecule has 0 aliphatic carbocycles. The van der Waals surface area contributed by atoms with Crippen LogP contribution in [0.2, 0.25) is 0 Å². The fraction of sp³-hybridized carbons (Fsp3) is 0.438. The van der Waals surface area contributed by atoms with Gasteiger partial charge in [0, 0.05) is 45.1 Å². The molecule has 0 saturated carbocycles. The van der Waals surface area contributed by atoms with Gasteiger partial charge in [-0.05, 0) is 11.6 Å². The third kappa shape index (κ3) is 4.53. The van der Waals surface area contributed by atoms with Crippen LogP contribution in [0.4, 0.5) is 17.3 Å². The summed E-state index contributed by atoms with van der Waals surface area (Å²) in [7, 11) is 0. The predicted molar refractivity (Wildman–Crippen MR) is 93.8 cm³/mol. The van der Waals surface area contributed by atoms with Crippen molar-refractivity contribution in [3.63, 3.8) is 0 Å². The Balaban J connectivity index is 1.52. The maximum atomic E-state index is 6.17. The summed E-state index contributed by atoms with van der Waals surface area (Å²) in [6.07, 6.45) is 5.07. The SMILES string of the molecule is Nc1c(NCCN2CCOCC2)ncnc1NCc1cccnc1. The second kappa shape index (κ2) is 8.42. The fourth-order valence-corrected chi connectivity index (χ4v) is 2.52. The van der Waals surface area contributed by atoms with Crippen LogP contribution in [0.15, 0.2) is 30.9 Å². The Morgan fingerprint density at radius 3 is 2.71 bits per heavy atom. The minimum absolute atomic E-state index is 0.531. The summed E-state index contributed by atoms with van der Waals surface area (Å²) in [5.41, 5.74) is 7.77. The number of ether oxygens (including phenoxy) is 1. The minimum Gasteiger partial charge on any atom is -0.393 e. The van der Waals surface area contributed by atoms with Gasteiger partial charge in [0.25, 0.3) is 0 Å². The number of pyridine rings is 1. The van der Waals surface area contributed by atoms with Gasteiger partial charge in [-0.25, -0.2) is 9.97 Å². The molecule has 2 aromatic heterocycles. The van der Waals surface area contributed by atoms with Gasteiger partial charge >= 0.3 is 0 Å². The van der Waals surface area contributed by atoms with Crippen LogP contribution >= 0.6 is 0 Å². The van der Waals surface area contributed by atoms with Crippen molar-refractivity contribution in [2.45, 2.75) is 6.54 Å². The summed E-state index contributed by atoms with van der Waals surface area (Å²) < 4.78 is 5.35. The molecule has 3 heterocycles. The highest BCUT2D eigenvalue weighted by atomic mass is 16.5. The molecule has 1 aliphatic heterocycles. The number of hydrogen-bond acceptors (Lipinski definition) is 8. The molecule has 0 atom stereocenters. The Morgan fingerprint density at radius 2 is 1.96 bits per heavy atom. The number of hydrogen-bond donors (Lipinski definition) is 3. The van der Waals surface area contributed by atoms with Gasteiger partial charge in [-0.15, -0.1) is 0 Å². The molecule has 0 spiro atoms. The van der Waals surface area contributed by atoms with Crippen LogP contribution in [-0.4, -0.2) is 59.2 Å². The van der Waals surface area contributed by atoms with E-state index in [1.54, 1.807) is 6.20 Å². The third-order valence-corrected chi connectivity index (χ3v) is 3.89. The van der Waals surface area contributed by atoms with E-state index >= 15 is 0 Å². The van der Waals surface area contributed by atoms with Crippen molar-refractivity contribution in [2.75, 3.05) is 55.8 Å². The molecule has 8 nitrogen and oxygen atoms in total. The lowest BCUT2D eigenvalue weighted by molar-refractivity contribution is 0.0398. The van der Waals surface area contributed by atoms with E-state index in [1.807, 2.05) is 18.3 Å². The van der Waals surface area contributed by atoms with E-state index in [9.17, 15) is 0 Å². The molecule has 3 rings (SSSR count). The van der Waals surface area contributed by atoms with Crippen molar-refractivity contribution < 1.29 is 4.74 Å². The molecule has 24 heavy (non-hydrogen) atoms. The summed E-state index contributed by atoms with van der Waals surface area (Å²) in [5, 5.41) is 6.51. The van der Waals surface area contributed by atoms with E-state index in [0.29, 0.717) is 23.9 Å². The van der Waals surface area contributed by atoms with Crippen molar-refractivity contribution in [1.29, 1.82) is 0 Å². The van der Waals surface area contributed by atoms with Gasteiger partial charge in [0.05, 0.1) is 13.2 Å². The second-order valence-corrected chi connectivity index (χ2v) is 5.58. The quantitative estimate of drug-likeness (QED) is 0.686. The molecule has 0 amide bonds. The first-order chi connectivity index (χ1) is 11.8. The maximum absolute atomic E-state index is 6.17. The van der Waals surface area contributed by atoms with Gasteiger partial charge in [0.2, 0.25) is 0 Å². The van der Waals surface area contributed by atoms with Crippen molar-refractivity contribution in [3.8, 4) is 0 Å². The number of nitrogen functional groups attached to an aromatic ring is 1. The number of aromatic nitrogens is 3. The number of nitrogens with one attached hydrogen (secondary N) is 2. The van der Waals surface area contributed by atoms with E-state index in [2.05, 4.69) is 30.5 Å². The van der Waals surface area contributed by atoms with E-state index in [0.717, 1.165) is 45.0 Å². The predicted octanol–water partition coefficient (Wildman–Crippen LogP) is 0.810. The van der Waals surface area contributed by atoms with Crippen molar-refractivity contribution >= 4 is 17.3 Å². The highest BCUT2D eigenvalue weighted by molar-refractivity contribution is 5.73. The fourth-order valence-electron chi connectivity index (χ4n) is 2.52. The molecule has 1 fully saturated rings. The average molecular weight is 329 g/mol. The van der Waals surface area contributed by atoms with Crippen molar-refractivity contribution in [2.24, 2.45) is 0 Å². The van der Waals surface area contributed by atoms with Crippen LogP contribution in [0.5, 0.6) is 0 Å². The lowest BCUT2D eigenvalue weighted by Crippen LogP contribution is -2.39. The number of morpholine rings is 1. The van der Waals surface area contributed by atoms with Gasteiger partial charge < -0.3 is 21.1 Å². The zero-order valence-electron chi connectivity index (χ0n) is 13.6. The van der Waals surface area contributed by atoms with Crippen LogP contribution in [0, 0.1) is 0 Å². The smallest absolute Gasteiger partial charge is 0.155 e. The number of anilines is 3. The zero-order valence-corrected chi connectivity index (χ0v) is 13.6. The Labute approximate surface area is 141 Å². The molecule has 8 heteroatoms. The molecule has 0 bridgehead atoms. The van der Waals surface area contributed by atoms with Gasteiger partial charge in [0.15, 0.2) is 11.6 Å². The number of nitrogens with two attached hydrogens (primary N) is 1. The first-order valence-electron chi connectivity index (χ1n) is 8.10. The number of rotatable bonds is 7. The van der Waals surface area contributed by atoms with Crippen LogP contribution in [0.1, 0.15) is 5.56 Å². The minimum atomic E-state index is 0.531. The van der Waals surface area contributed by atoms with E-state index in [1.165, 1.54) is 6.33 Å². The molecule has 1 saturated heterocycles. The van der Waals surface area contributed by atoms with Gasteiger partial charge in [-0.3, -0.25) is 9.88 Å². The third-order valence-electron chi connectivity index (χ3n) is 3.89. The van der Waals surface area contributed by atoms with E-state index < -0.39 is 0 Å². The van der Waals surface area contributed by atoms with Gasteiger partial charge in [0.1, 0.15) is 12.0 Å². The molecular weight excluding hydrogens is 306 g/mol. The summed E-state index contributed by atoms with van der Waals surface area (Å²) in [6.45, 7) is 5.88. The summed E-state index contributed by atoms with van der Waals surface area (Å²) in [6, 6.07) is 3.90. The Hall–Kier alpha value is -2.45. The van der Waals surface area contributed by atoms with Crippen LogP contribution in [0.25, 0.3) is 0 Å². The molecule has 128 valence electrons. The van der Waals surface area contributed by atoms with Crippen LogP contribution < -0.4 is 16.4 Å². The topological polar surface area (TPSA) is 101 Å². The molecule has 4 N–H and O–H groups in total. The normalized spacial score (nSPS) is 15.2. The first-order valence-corrected chi connectivity index (χ1v) is 8.10. The molecule has 1 aliphatic rings. The molecule has 0 aromatic carbocycles. The van der Waals surface area contributed by atoms with Crippen molar-refractivity contribution in [3.05, 3.63) is 36.4 Å². The lowest BCUT2D eigenvalue weighted by atomic mass is 10.3. The molecule has 2 aromatic rings. The maximum Gasteiger partial charge on any atom is 0.155 e. The Bertz CT molecular complexity index is 632. The summed E-state index contributed by atoms with van der Waals surface area (Å²) in [5.74, 6) is 1.29. The summed E-state index contributed by atoms with van der Waals surface area (Å²) in [4.78, 5) is 14.9. The Morgan fingerprint density at radius 1 is 1.17 bits per heavy atom. The Kier molecular flexibility index (Phi) is 5.75. The van der Waals surface area contributed by atoms with Crippen LogP contribution in [-0.2, 0) is 11.3 Å². The first kappa shape index (κ1) is 16.4. The average Bonchev–Trinajstić information content (AvgIpc) is 2.64. The van der Waals surface area contributed by atoms with Crippen LogP contribution in [0.3, 0.4) is 0 Å². The molecular formula is C16H23N7O. The standard InChI is InChI=1S/C16H23N7O/c17-14-15(19-4-5-23-6-8-24-9-7-23)21-12-22-16(14)20-11-13-2-1-3-18-10-13/h1-3,10,12H,4-9,11,17H2,(H2,19,20,21,22). The second-order valence-electron chi connectivity index (χ2n) is 5.58. The van der Waals surface area contributed by atoms with Gasteiger partial charge in [-0.2, -0.15) is 0 Å². The molecule has 0 radical (unpaired) electrons. The van der Waals surface area contributed by atoms with Crippen molar-refractivity contribution in [1.82, 2.24) is 19.9 Å². The molecule has 0 unspecified atom stereocenters. The highest BCUT2D eigenvalue weighted by Crippen LogP contribution is 2.22. The highest BCUT2D eigenvalue weighted by Gasteiger charge is 2.11. The van der Waals surface area contributed by atoms with Gasteiger partial charge in [-0.1, -0.05) is 6.07 Å². The summed E-state index contributed by atoms with van der Waals surface area (Å²) >= 11 is 0. The zero-order chi connectivity index (χ0) is 16.6. The number of nitrogens with zero attached hydrogens (tertiary/aromatic N) is 4. The largest absolute Gasteiger partial charge is 0.393 e. The lowest BCUT2D eigenvalue weighted by Gasteiger charge is -2.26.